The first-order valence-electron chi connectivity index (χ1n) is 12.8. The first kappa shape index (κ1) is 23.2. The summed E-state index contributed by atoms with van der Waals surface area (Å²) in [6.45, 7) is 0.819. The van der Waals surface area contributed by atoms with Crippen LogP contribution in [-0.4, -0.2) is 33.4 Å². The number of amides is 1. The molecule has 38 heavy (non-hydrogen) atoms. The van der Waals surface area contributed by atoms with Gasteiger partial charge >= 0.3 is 0 Å². The molecule has 2 aliphatic rings. The molecule has 2 aliphatic heterocycles. The summed E-state index contributed by atoms with van der Waals surface area (Å²) < 4.78 is 0. The lowest BCUT2D eigenvalue weighted by atomic mass is 9.82. The fourth-order valence-electron chi connectivity index (χ4n) is 5.65. The van der Waals surface area contributed by atoms with Crippen molar-refractivity contribution >= 4 is 34.0 Å². The summed E-state index contributed by atoms with van der Waals surface area (Å²) in [5, 5.41) is 10.9. The molecule has 0 saturated carbocycles. The van der Waals surface area contributed by atoms with Gasteiger partial charge in [0.2, 0.25) is 0 Å². The van der Waals surface area contributed by atoms with Gasteiger partial charge in [0.1, 0.15) is 5.82 Å². The highest BCUT2D eigenvalue weighted by molar-refractivity contribution is 7.08. The topological polar surface area (TPSA) is 107 Å². The number of hydrogen-bond acceptors (Lipinski definition) is 7. The minimum Gasteiger partial charge on any atom is -0.341 e. The zero-order chi connectivity index (χ0) is 25.5. The zero-order valence-electron chi connectivity index (χ0n) is 20.5. The van der Waals surface area contributed by atoms with Crippen molar-refractivity contribution in [1.82, 2.24) is 31.1 Å². The molecular weight excluding hydrogens is 494 g/mol. The Hall–Kier alpha value is -3.89. The lowest BCUT2D eigenvalue weighted by molar-refractivity contribution is 0.102. The number of carbonyl (C=O) groups is 1. The number of rotatable bonds is 5. The number of hydrogen-bond donors (Lipinski definition) is 5. The second-order valence-electron chi connectivity index (χ2n) is 9.90. The predicted octanol–water partition coefficient (Wildman–Crippen LogP) is 4.81. The molecule has 1 amide bonds. The monoisotopic (exact) mass is 521 g/mol. The SMILES string of the molecule is O=C(Nc1cncc(C2CC3C(CN2)NNC3c2nc3c(-c4ccsc4)cccc3[nH]2)c1)c1ccccc1. The number of pyridine rings is 1. The highest BCUT2D eigenvalue weighted by Gasteiger charge is 2.42. The molecule has 4 atom stereocenters. The molecule has 5 aromatic rings. The number of aromatic amines is 1. The normalized spacial score (nSPS) is 22.8. The Morgan fingerprint density at radius 3 is 2.82 bits per heavy atom. The molecule has 0 aliphatic carbocycles. The van der Waals surface area contributed by atoms with Crippen LogP contribution in [0.1, 0.15) is 40.3 Å². The molecule has 9 heteroatoms. The van der Waals surface area contributed by atoms with E-state index in [1.54, 1.807) is 29.7 Å². The fraction of sp³-hybridized carbons (Fsp3) is 0.207. The van der Waals surface area contributed by atoms with Gasteiger partial charge in [-0.2, -0.15) is 11.3 Å². The average molecular weight is 522 g/mol. The van der Waals surface area contributed by atoms with E-state index in [0.29, 0.717) is 17.2 Å². The molecule has 5 heterocycles. The Labute approximate surface area is 223 Å². The number of anilines is 1. The van der Waals surface area contributed by atoms with Crippen LogP contribution in [-0.2, 0) is 0 Å². The van der Waals surface area contributed by atoms with Gasteiger partial charge in [-0.15, -0.1) is 0 Å². The van der Waals surface area contributed by atoms with Crippen LogP contribution in [0.15, 0.2) is 83.8 Å². The van der Waals surface area contributed by atoms with E-state index < -0.39 is 0 Å². The quantitative estimate of drug-likeness (QED) is 0.227. The first-order chi connectivity index (χ1) is 18.7. The highest BCUT2D eigenvalue weighted by Crippen LogP contribution is 2.39. The van der Waals surface area contributed by atoms with Crippen LogP contribution in [0.2, 0.25) is 0 Å². The number of thiophene rings is 1. The number of hydrazine groups is 1. The van der Waals surface area contributed by atoms with Crippen molar-refractivity contribution in [2.45, 2.75) is 24.5 Å². The maximum atomic E-state index is 12.6. The Morgan fingerprint density at radius 1 is 1.03 bits per heavy atom. The Kier molecular flexibility index (Phi) is 5.98. The maximum Gasteiger partial charge on any atom is 0.255 e. The summed E-state index contributed by atoms with van der Waals surface area (Å²) in [4.78, 5) is 25.7. The summed E-state index contributed by atoms with van der Waals surface area (Å²) in [6, 6.07) is 20.1. The number of imidazole rings is 1. The van der Waals surface area contributed by atoms with Crippen LogP contribution >= 0.6 is 11.3 Å². The number of piperidine rings is 1. The van der Waals surface area contributed by atoms with E-state index in [9.17, 15) is 4.79 Å². The van der Waals surface area contributed by atoms with Crippen LogP contribution in [0.25, 0.3) is 22.2 Å². The standard InChI is InChI=1S/C29H27N7OS/c37-29(17-5-2-1-3-6-17)32-20-11-19(13-30-14-20)24-12-22-25(15-31-24)35-36-27(22)28-33-23-8-4-7-21(26(23)34-28)18-9-10-38-16-18/h1-11,13-14,16,22,24-25,27,31,35-36H,12,15H2,(H,32,37)(H,33,34). The molecule has 2 aromatic carbocycles. The summed E-state index contributed by atoms with van der Waals surface area (Å²) in [6.07, 6.45) is 4.48. The van der Waals surface area contributed by atoms with Gasteiger partial charge in [0, 0.05) is 41.9 Å². The van der Waals surface area contributed by atoms with E-state index in [1.807, 2.05) is 30.5 Å². The third kappa shape index (κ3) is 4.29. The van der Waals surface area contributed by atoms with Crippen molar-refractivity contribution < 1.29 is 4.79 Å². The second-order valence-corrected chi connectivity index (χ2v) is 10.7. The van der Waals surface area contributed by atoms with Gasteiger partial charge in [-0.25, -0.2) is 10.4 Å². The number of nitrogens with one attached hydrogen (secondary N) is 5. The smallest absolute Gasteiger partial charge is 0.255 e. The summed E-state index contributed by atoms with van der Waals surface area (Å²) >= 11 is 1.70. The van der Waals surface area contributed by atoms with E-state index in [4.69, 9.17) is 4.98 Å². The Bertz CT molecular complexity index is 1580. The lowest BCUT2D eigenvalue weighted by Crippen LogP contribution is -2.46. The molecular formula is C29H27N7OS. The summed E-state index contributed by atoms with van der Waals surface area (Å²) in [7, 11) is 0. The number of aromatic nitrogens is 3. The number of H-pyrrole nitrogens is 1. The van der Waals surface area contributed by atoms with Crippen molar-refractivity contribution in [3.05, 3.63) is 101 Å². The minimum atomic E-state index is -0.141. The highest BCUT2D eigenvalue weighted by atomic mass is 32.1. The lowest BCUT2D eigenvalue weighted by Gasteiger charge is -2.34. The van der Waals surface area contributed by atoms with Gasteiger partial charge in [0.05, 0.1) is 29.0 Å². The largest absolute Gasteiger partial charge is 0.341 e. The Balaban J connectivity index is 1.12. The van der Waals surface area contributed by atoms with Crippen molar-refractivity contribution in [3.8, 4) is 11.1 Å². The molecule has 2 saturated heterocycles. The molecule has 0 spiro atoms. The molecule has 3 aromatic heterocycles. The maximum absolute atomic E-state index is 12.6. The van der Waals surface area contributed by atoms with Crippen molar-refractivity contribution in [2.24, 2.45) is 5.92 Å². The van der Waals surface area contributed by atoms with Crippen LogP contribution in [0.5, 0.6) is 0 Å². The van der Waals surface area contributed by atoms with Crippen molar-refractivity contribution in [1.29, 1.82) is 0 Å². The van der Waals surface area contributed by atoms with E-state index in [0.717, 1.165) is 41.0 Å². The third-order valence-electron chi connectivity index (χ3n) is 7.57. The zero-order valence-corrected chi connectivity index (χ0v) is 21.3. The van der Waals surface area contributed by atoms with Crippen LogP contribution in [0.3, 0.4) is 0 Å². The molecule has 5 N–H and O–H groups in total. The Morgan fingerprint density at radius 2 is 1.95 bits per heavy atom. The molecule has 7 rings (SSSR count). The number of benzene rings is 2. The molecule has 2 fully saturated rings. The minimum absolute atomic E-state index is 0.0567. The van der Waals surface area contributed by atoms with Gasteiger partial charge in [-0.05, 0) is 58.6 Å². The van der Waals surface area contributed by atoms with Crippen molar-refractivity contribution in [3.63, 3.8) is 0 Å². The molecule has 0 radical (unpaired) electrons. The van der Waals surface area contributed by atoms with E-state index in [-0.39, 0.29) is 24.0 Å². The average Bonchev–Trinajstić information content (AvgIpc) is 3.73. The van der Waals surface area contributed by atoms with E-state index in [1.165, 1.54) is 5.56 Å². The summed E-state index contributed by atoms with van der Waals surface area (Å²) in [5.41, 5.74) is 13.8. The number of fused-ring (bicyclic) bond motifs is 2. The number of para-hydroxylation sites is 1. The van der Waals surface area contributed by atoms with Gasteiger partial charge in [0.15, 0.2) is 0 Å². The summed E-state index contributed by atoms with van der Waals surface area (Å²) in [5.74, 6) is 1.14. The van der Waals surface area contributed by atoms with Gasteiger partial charge < -0.3 is 15.6 Å². The van der Waals surface area contributed by atoms with Crippen molar-refractivity contribution in [2.75, 3.05) is 11.9 Å². The third-order valence-corrected chi connectivity index (χ3v) is 8.26. The fourth-order valence-corrected chi connectivity index (χ4v) is 6.31. The second kappa shape index (κ2) is 9.77. The van der Waals surface area contributed by atoms with Crippen LogP contribution < -0.4 is 21.5 Å². The molecule has 0 bridgehead atoms. The number of carbonyl (C=O) groups excluding carboxylic acids is 1. The molecule has 190 valence electrons. The molecule has 8 nitrogen and oxygen atoms in total. The molecule has 4 unspecified atom stereocenters. The first-order valence-corrected chi connectivity index (χ1v) is 13.7. The van der Waals surface area contributed by atoms with Gasteiger partial charge in [-0.1, -0.05) is 30.3 Å². The predicted molar refractivity (Wildman–Crippen MR) is 150 cm³/mol. The van der Waals surface area contributed by atoms with Gasteiger partial charge in [-0.3, -0.25) is 15.2 Å². The van der Waals surface area contributed by atoms with Gasteiger partial charge in [0.25, 0.3) is 5.91 Å². The van der Waals surface area contributed by atoms with E-state index in [2.05, 4.69) is 66.5 Å². The van der Waals surface area contributed by atoms with Crippen LogP contribution in [0.4, 0.5) is 5.69 Å². The van der Waals surface area contributed by atoms with E-state index >= 15 is 0 Å². The number of nitrogens with zero attached hydrogens (tertiary/aromatic N) is 2. The van der Waals surface area contributed by atoms with Crippen LogP contribution in [0, 0.1) is 5.92 Å².